The summed E-state index contributed by atoms with van der Waals surface area (Å²) in [7, 11) is 1.86. The van der Waals surface area contributed by atoms with Crippen LogP contribution in [0.25, 0.3) is 0 Å². The lowest BCUT2D eigenvalue weighted by atomic mass is 9.87. The van der Waals surface area contributed by atoms with Gasteiger partial charge in [-0.2, -0.15) is 4.98 Å². The molecule has 3 N–H and O–H groups in total. The van der Waals surface area contributed by atoms with Crippen LogP contribution in [-0.4, -0.2) is 52.4 Å². The van der Waals surface area contributed by atoms with Gasteiger partial charge in [0.05, 0.1) is 11.9 Å². The van der Waals surface area contributed by atoms with Crippen LogP contribution in [0.5, 0.6) is 5.75 Å². The lowest BCUT2D eigenvalue weighted by Crippen LogP contribution is -2.50. The second kappa shape index (κ2) is 8.56. The molecule has 1 atom stereocenters. The van der Waals surface area contributed by atoms with Crippen molar-refractivity contribution >= 4 is 29.2 Å². The Bertz CT molecular complexity index is 1020. The van der Waals surface area contributed by atoms with Gasteiger partial charge in [-0.3, -0.25) is 4.79 Å². The van der Waals surface area contributed by atoms with Gasteiger partial charge < -0.3 is 25.6 Å². The summed E-state index contributed by atoms with van der Waals surface area (Å²) < 4.78 is 40.6. The van der Waals surface area contributed by atoms with Gasteiger partial charge in [-0.05, 0) is 37.8 Å². The third kappa shape index (κ3) is 5.04. The Kier molecular flexibility index (Phi) is 5.93. The molecular weight excluding hydrogens is 439 g/mol. The highest BCUT2D eigenvalue weighted by Crippen LogP contribution is 2.35. The SMILES string of the molecule is Cc1nc(N[C@H]2C[C@@H](Nc3ccc(OC(F)(F)F)cn3)C2)nc2c1NC(=O)C(C(C)C)N2C. The van der Waals surface area contributed by atoms with Gasteiger partial charge >= 0.3 is 6.36 Å². The maximum absolute atomic E-state index is 12.5. The van der Waals surface area contributed by atoms with Crippen molar-refractivity contribution in [3.8, 4) is 5.75 Å². The first-order chi connectivity index (χ1) is 15.5. The third-order valence-electron chi connectivity index (χ3n) is 5.76. The molecule has 2 aromatic rings. The number of hydrogen-bond acceptors (Lipinski definition) is 8. The Morgan fingerprint density at radius 2 is 1.88 bits per heavy atom. The number of alkyl halides is 3. The fourth-order valence-corrected chi connectivity index (χ4v) is 4.18. The molecule has 2 aliphatic rings. The lowest BCUT2D eigenvalue weighted by Gasteiger charge is -2.38. The monoisotopic (exact) mass is 465 g/mol. The molecule has 178 valence electrons. The van der Waals surface area contributed by atoms with E-state index < -0.39 is 6.36 Å². The standard InChI is InChI=1S/C21H26F3N7O2/c1-10(2)17-19(32)29-16-11(3)26-20(30-18(16)31(17)4)28-13-7-12(8-13)27-15-6-5-14(9-25-15)33-21(22,23)24/h5-6,9-10,12-13,17H,7-8H2,1-4H3,(H,25,27)(H,29,32)(H,26,28,30)/t12-,13+,17?. The first kappa shape index (κ1) is 22.9. The number of hydrogen-bond donors (Lipinski definition) is 3. The molecule has 3 heterocycles. The van der Waals surface area contributed by atoms with Crippen LogP contribution in [0.15, 0.2) is 18.3 Å². The number of anilines is 4. The van der Waals surface area contributed by atoms with Crippen molar-refractivity contribution in [1.29, 1.82) is 0 Å². The van der Waals surface area contributed by atoms with Gasteiger partial charge in [-0.1, -0.05) is 13.8 Å². The molecule has 1 amide bonds. The van der Waals surface area contributed by atoms with E-state index in [1.807, 2.05) is 32.7 Å². The predicted molar refractivity (Wildman–Crippen MR) is 117 cm³/mol. The summed E-state index contributed by atoms with van der Waals surface area (Å²) in [6.45, 7) is 5.82. The number of nitrogens with zero attached hydrogens (tertiary/aromatic N) is 4. The molecule has 1 fully saturated rings. The predicted octanol–water partition coefficient (Wildman–Crippen LogP) is 3.55. The molecule has 2 aromatic heterocycles. The van der Waals surface area contributed by atoms with Gasteiger partial charge in [-0.15, -0.1) is 13.2 Å². The van der Waals surface area contributed by atoms with Crippen molar-refractivity contribution in [3.05, 3.63) is 24.0 Å². The molecule has 9 nitrogen and oxygen atoms in total. The summed E-state index contributed by atoms with van der Waals surface area (Å²) in [6, 6.07) is 2.62. The van der Waals surface area contributed by atoms with Gasteiger partial charge in [0.2, 0.25) is 11.9 Å². The number of aromatic nitrogens is 3. The van der Waals surface area contributed by atoms with Gasteiger partial charge in [0.1, 0.15) is 23.3 Å². The maximum Gasteiger partial charge on any atom is 0.573 e. The Hall–Kier alpha value is -3.31. The van der Waals surface area contributed by atoms with Gasteiger partial charge in [0, 0.05) is 19.1 Å². The summed E-state index contributed by atoms with van der Waals surface area (Å²) in [5, 5.41) is 9.45. The highest BCUT2D eigenvalue weighted by Gasteiger charge is 2.36. The molecule has 1 aliphatic carbocycles. The van der Waals surface area contributed by atoms with E-state index in [0.29, 0.717) is 29.0 Å². The topological polar surface area (TPSA) is 104 Å². The van der Waals surface area contributed by atoms with Crippen LogP contribution >= 0.6 is 0 Å². The Labute approximate surface area is 189 Å². The van der Waals surface area contributed by atoms with Gasteiger partial charge in [0.15, 0.2) is 5.82 Å². The van der Waals surface area contributed by atoms with E-state index in [1.165, 1.54) is 12.1 Å². The van der Waals surface area contributed by atoms with E-state index >= 15 is 0 Å². The number of fused-ring (bicyclic) bond motifs is 1. The van der Waals surface area contributed by atoms with E-state index in [1.54, 1.807) is 0 Å². The molecule has 0 bridgehead atoms. The fraction of sp³-hybridized carbons (Fsp3) is 0.524. The highest BCUT2D eigenvalue weighted by molar-refractivity contribution is 6.03. The van der Waals surface area contributed by atoms with Crippen LogP contribution in [0.3, 0.4) is 0 Å². The number of likely N-dealkylation sites (N-methyl/N-ethyl adjacent to an activating group) is 1. The average molecular weight is 465 g/mol. The van der Waals surface area contributed by atoms with E-state index in [0.717, 1.165) is 19.0 Å². The van der Waals surface area contributed by atoms with Gasteiger partial charge in [0.25, 0.3) is 0 Å². The fourth-order valence-electron chi connectivity index (χ4n) is 4.18. The van der Waals surface area contributed by atoms with Crippen LogP contribution in [0.1, 0.15) is 32.4 Å². The Morgan fingerprint density at radius 3 is 2.48 bits per heavy atom. The van der Waals surface area contributed by atoms with Crippen LogP contribution in [0.2, 0.25) is 0 Å². The summed E-state index contributed by atoms with van der Waals surface area (Å²) in [5.41, 5.74) is 1.31. The maximum atomic E-state index is 12.5. The molecule has 1 saturated carbocycles. The molecule has 12 heteroatoms. The van der Waals surface area contributed by atoms with Crippen molar-refractivity contribution < 1.29 is 22.7 Å². The minimum absolute atomic E-state index is 0.0630. The molecule has 1 unspecified atom stereocenters. The molecular formula is C21H26F3N7O2. The molecule has 0 spiro atoms. The van der Waals surface area contributed by atoms with Crippen molar-refractivity contribution in [3.63, 3.8) is 0 Å². The molecule has 0 saturated heterocycles. The molecule has 0 aromatic carbocycles. The number of amides is 1. The van der Waals surface area contributed by atoms with Crippen molar-refractivity contribution in [2.75, 3.05) is 27.9 Å². The number of pyridine rings is 1. The minimum Gasteiger partial charge on any atom is -0.404 e. The minimum atomic E-state index is -4.74. The number of halogens is 3. The Balaban J connectivity index is 1.35. The zero-order valence-electron chi connectivity index (χ0n) is 18.7. The molecule has 4 rings (SSSR count). The van der Waals surface area contributed by atoms with E-state index in [-0.39, 0.29) is 35.7 Å². The zero-order valence-corrected chi connectivity index (χ0v) is 18.7. The van der Waals surface area contributed by atoms with E-state index in [2.05, 4.69) is 35.6 Å². The van der Waals surface area contributed by atoms with Crippen LogP contribution < -0.4 is 25.6 Å². The van der Waals surface area contributed by atoms with E-state index in [4.69, 9.17) is 0 Å². The number of carbonyl (C=O) groups is 1. The van der Waals surface area contributed by atoms with E-state index in [9.17, 15) is 18.0 Å². The van der Waals surface area contributed by atoms with Crippen molar-refractivity contribution in [1.82, 2.24) is 15.0 Å². The first-order valence-electron chi connectivity index (χ1n) is 10.7. The molecule has 33 heavy (non-hydrogen) atoms. The zero-order chi connectivity index (χ0) is 23.9. The first-order valence-corrected chi connectivity index (χ1v) is 10.7. The normalized spacial score (nSPS) is 22.4. The molecule has 1 aliphatic heterocycles. The Morgan fingerprint density at radius 1 is 1.18 bits per heavy atom. The van der Waals surface area contributed by atoms with Crippen LogP contribution in [-0.2, 0) is 4.79 Å². The van der Waals surface area contributed by atoms with Gasteiger partial charge in [-0.25, -0.2) is 9.97 Å². The number of ether oxygens (including phenoxy) is 1. The van der Waals surface area contributed by atoms with Crippen molar-refractivity contribution in [2.24, 2.45) is 5.92 Å². The quantitative estimate of drug-likeness (QED) is 0.595. The number of rotatable bonds is 6. The third-order valence-corrected chi connectivity index (χ3v) is 5.76. The largest absolute Gasteiger partial charge is 0.573 e. The van der Waals surface area contributed by atoms with Crippen molar-refractivity contribution in [2.45, 2.75) is 58.1 Å². The smallest absolute Gasteiger partial charge is 0.404 e. The summed E-state index contributed by atoms with van der Waals surface area (Å²) in [5.74, 6) is 1.35. The number of aryl methyl sites for hydroxylation is 1. The summed E-state index contributed by atoms with van der Waals surface area (Å²) in [6.07, 6.45) is -2.17. The molecule has 0 radical (unpaired) electrons. The summed E-state index contributed by atoms with van der Waals surface area (Å²) in [4.78, 5) is 27.4. The second-order valence-corrected chi connectivity index (χ2v) is 8.70. The highest BCUT2D eigenvalue weighted by atomic mass is 19.4. The average Bonchev–Trinajstić information content (AvgIpc) is 2.67. The van der Waals surface area contributed by atoms with Crippen LogP contribution in [0, 0.1) is 12.8 Å². The number of carbonyl (C=O) groups excluding carboxylic acids is 1. The summed E-state index contributed by atoms with van der Waals surface area (Å²) >= 11 is 0. The second-order valence-electron chi connectivity index (χ2n) is 8.70. The number of nitrogens with one attached hydrogen (secondary N) is 3. The van der Waals surface area contributed by atoms with Crippen LogP contribution in [0.4, 0.5) is 36.4 Å². The lowest BCUT2D eigenvalue weighted by molar-refractivity contribution is -0.274.